The van der Waals surface area contributed by atoms with Gasteiger partial charge in [0.25, 0.3) is 0 Å². The van der Waals surface area contributed by atoms with E-state index in [4.69, 9.17) is 5.11 Å². The highest BCUT2D eigenvalue weighted by molar-refractivity contribution is 5.35. The Balaban J connectivity index is 3.08. The molecule has 0 fully saturated rings. The lowest BCUT2D eigenvalue weighted by atomic mass is 10.1. The lowest BCUT2D eigenvalue weighted by Crippen LogP contribution is -2.23. The molecule has 0 bridgehead atoms. The lowest BCUT2D eigenvalue weighted by molar-refractivity contribution is -0.276. The van der Waals surface area contributed by atoms with Gasteiger partial charge in [-0.1, -0.05) is 18.2 Å². The minimum Gasteiger partial charge on any atom is -0.405 e. The van der Waals surface area contributed by atoms with E-state index in [9.17, 15) is 26.3 Å². The van der Waals surface area contributed by atoms with E-state index in [2.05, 4.69) is 4.74 Å². The Morgan fingerprint density at radius 3 is 2.00 bits per heavy atom. The first-order valence-corrected chi connectivity index (χ1v) is 4.21. The maximum atomic E-state index is 12.2. The summed E-state index contributed by atoms with van der Waals surface area (Å²) in [6.45, 7) is 0. The zero-order chi connectivity index (χ0) is 13.3. The molecule has 1 aromatic carbocycles. The molecule has 8 heteroatoms. The Labute approximate surface area is 91.4 Å². The van der Waals surface area contributed by atoms with Crippen molar-refractivity contribution in [3.63, 3.8) is 0 Å². The summed E-state index contributed by atoms with van der Waals surface area (Å²) < 4.78 is 75.6. The zero-order valence-electron chi connectivity index (χ0n) is 8.01. The highest BCUT2D eigenvalue weighted by Crippen LogP contribution is 2.38. The Morgan fingerprint density at radius 1 is 1.00 bits per heavy atom. The zero-order valence-corrected chi connectivity index (χ0v) is 8.01. The fraction of sp³-hybridized carbons (Fsp3) is 0.333. The molecule has 0 aromatic heterocycles. The maximum absolute atomic E-state index is 12.2. The van der Waals surface area contributed by atoms with Crippen LogP contribution in [-0.2, 0) is 0 Å². The number of benzene rings is 1. The van der Waals surface area contributed by atoms with Crippen molar-refractivity contribution >= 4 is 0 Å². The molecule has 17 heavy (non-hydrogen) atoms. The molecule has 0 amide bonds. The number of aliphatic hydroxyl groups excluding tert-OH is 1. The molecule has 0 spiro atoms. The Hall–Kier alpha value is -1.44. The lowest BCUT2D eigenvalue weighted by Gasteiger charge is -2.18. The summed E-state index contributed by atoms with van der Waals surface area (Å²) in [6, 6.07) is 3.53. The van der Waals surface area contributed by atoms with Crippen LogP contribution >= 0.6 is 0 Å². The van der Waals surface area contributed by atoms with Gasteiger partial charge in [-0.3, -0.25) is 0 Å². The van der Waals surface area contributed by atoms with Gasteiger partial charge in [-0.05, 0) is 6.07 Å². The predicted molar refractivity (Wildman–Crippen MR) is 44.1 cm³/mol. The van der Waals surface area contributed by atoms with E-state index in [1.165, 1.54) is 0 Å². The molecule has 1 aromatic rings. The van der Waals surface area contributed by atoms with E-state index in [-0.39, 0.29) is 0 Å². The molecule has 96 valence electrons. The van der Waals surface area contributed by atoms with E-state index >= 15 is 0 Å². The first-order chi connectivity index (χ1) is 7.61. The number of halogens is 6. The summed E-state index contributed by atoms with van der Waals surface area (Å²) in [4.78, 5) is 0. The van der Waals surface area contributed by atoms with Crippen LogP contribution in [0.2, 0.25) is 0 Å². The number of hydrogen-bond donors (Lipinski definition) is 1. The van der Waals surface area contributed by atoms with Crippen molar-refractivity contribution in [2.75, 3.05) is 0 Å². The Kier molecular flexibility index (Phi) is 3.56. The summed E-state index contributed by atoms with van der Waals surface area (Å²) in [5.74, 6) is -1.08. The van der Waals surface area contributed by atoms with Gasteiger partial charge >= 0.3 is 12.5 Å². The maximum Gasteiger partial charge on any atom is 0.573 e. The normalized spacial score (nSPS) is 14.5. The van der Waals surface area contributed by atoms with Crippen LogP contribution in [0.1, 0.15) is 11.7 Å². The molecule has 1 atom stereocenters. The average Bonchev–Trinajstić information content (AvgIpc) is 2.13. The van der Waals surface area contributed by atoms with Crippen LogP contribution in [-0.4, -0.2) is 17.6 Å². The number of aliphatic hydroxyl groups is 1. The van der Waals surface area contributed by atoms with Gasteiger partial charge in [0.05, 0.1) is 0 Å². The second kappa shape index (κ2) is 4.44. The van der Waals surface area contributed by atoms with Crippen LogP contribution in [0.5, 0.6) is 5.75 Å². The van der Waals surface area contributed by atoms with E-state index in [0.717, 1.165) is 12.1 Å². The van der Waals surface area contributed by atoms with Crippen LogP contribution in [0, 0.1) is 0 Å². The van der Waals surface area contributed by atoms with Gasteiger partial charge in [0.2, 0.25) is 0 Å². The van der Waals surface area contributed by atoms with Gasteiger partial charge in [0, 0.05) is 5.56 Å². The van der Waals surface area contributed by atoms with Crippen molar-refractivity contribution < 1.29 is 36.2 Å². The third kappa shape index (κ3) is 3.81. The fourth-order valence-corrected chi connectivity index (χ4v) is 1.10. The van der Waals surface area contributed by atoms with E-state index in [1.807, 2.05) is 0 Å². The molecule has 1 unspecified atom stereocenters. The molecular formula is C9H6F6O2. The molecule has 0 aliphatic heterocycles. The van der Waals surface area contributed by atoms with Gasteiger partial charge in [0.15, 0.2) is 6.10 Å². The second-order valence-corrected chi connectivity index (χ2v) is 3.03. The molecule has 0 saturated carbocycles. The highest BCUT2D eigenvalue weighted by Gasteiger charge is 2.42. The molecule has 0 saturated heterocycles. The third-order valence-corrected chi connectivity index (χ3v) is 1.75. The van der Waals surface area contributed by atoms with Crippen molar-refractivity contribution in [3.8, 4) is 5.75 Å². The standard InChI is InChI=1S/C9H6F6O2/c10-8(11,12)7(16)5-3-1-2-4-6(5)17-9(13,14)15/h1-4,7,16H. The number of alkyl halides is 6. The van der Waals surface area contributed by atoms with Crippen LogP contribution in [0.4, 0.5) is 26.3 Å². The summed E-state index contributed by atoms with van der Waals surface area (Å²) >= 11 is 0. The summed E-state index contributed by atoms with van der Waals surface area (Å²) in [7, 11) is 0. The summed E-state index contributed by atoms with van der Waals surface area (Å²) in [5.41, 5.74) is -0.989. The molecular weight excluding hydrogens is 254 g/mol. The summed E-state index contributed by atoms with van der Waals surface area (Å²) in [6.07, 6.45) is -13.2. The van der Waals surface area contributed by atoms with Crippen molar-refractivity contribution in [2.45, 2.75) is 18.6 Å². The van der Waals surface area contributed by atoms with Crippen LogP contribution in [0.15, 0.2) is 24.3 Å². The topological polar surface area (TPSA) is 29.5 Å². The minimum absolute atomic E-state index is 0.692. The molecule has 0 radical (unpaired) electrons. The number of hydrogen-bond acceptors (Lipinski definition) is 2. The molecule has 1 rings (SSSR count). The number of para-hydroxylation sites is 1. The SMILES string of the molecule is OC(c1ccccc1OC(F)(F)F)C(F)(F)F. The smallest absolute Gasteiger partial charge is 0.405 e. The third-order valence-electron chi connectivity index (χ3n) is 1.75. The van der Waals surface area contributed by atoms with Crippen LogP contribution in [0.25, 0.3) is 0 Å². The van der Waals surface area contributed by atoms with Gasteiger partial charge in [-0.2, -0.15) is 13.2 Å². The molecule has 0 heterocycles. The number of rotatable bonds is 2. The van der Waals surface area contributed by atoms with Crippen molar-refractivity contribution in [2.24, 2.45) is 0 Å². The number of ether oxygens (including phenoxy) is 1. The van der Waals surface area contributed by atoms with E-state index in [0.29, 0.717) is 12.1 Å². The molecule has 1 N–H and O–H groups in total. The van der Waals surface area contributed by atoms with Crippen LogP contribution in [0.3, 0.4) is 0 Å². The van der Waals surface area contributed by atoms with Gasteiger partial charge in [0.1, 0.15) is 5.75 Å². The van der Waals surface area contributed by atoms with E-state index < -0.39 is 30.0 Å². The largest absolute Gasteiger partial charge is 0.573 e. The van der Waals surface area contributed by atoms with Gasteiger partial charge in [-0.25, -0.2) is 0 Å². The molecule has 0 aliphatic carbocycles. The Morgan fingerprint density at radius 2 is 1.53 bits per heavy atom. The molecule has 2 nitrogen and oxygen atoms in total. The first-order valence-electron chi connectivity index (χ1n) is 4.21. The predicted octanol–water partition coefficient (Wildman–Crippen LogP) is 3.18. The molecule has 0 aliphatic rings. The van der Waals surface area contributed by atoms with E-state index in [1.54, 1.807) is 0 Å². The van der Waals surface area contributed by atoms with Crippen LogP contribution < -0.4 is 4.74 Å². The summed E-state index contributed by atoms with van der Waals surface area (Å²) in [5, 5.41) is 8.86. The second-order valence-electron chi connectivity index (χ2n) is 3.03. The first kappa shape index (κ1) is 13.6. The quantitative estimate of drug-likeness (QED) is 0.827. The van der Waals surface area contributed by atoms with Gasteiger partial charge < -0.3 is 9.84 Å². The highest BCUT2D eigenvalue weighted by atomic mass is 19.4. The average molecular weight is 260 g/mol. The van der Waals surface area contributed by atoms with Crippen molar-refractivity contribution in [1.82, 2.24) is 0 Å². The van der Waals surface area contributed by atoms with Crippen molar-refractivity contribution in [3.05, 3.63) is 29.8 Å². The van der Waals surface area contributed by atoms with Gasteiger partial charge in [-0.15, -0.1) is 13.2 Å². The Bertz CT molecular complexity index is 384. The fourth-order valence-electron chi connectivity index (χ4n) is 1.10. The minimum atomic E-state index is -5.12. The monoisotopic (exact) mass is 260 g/mol. The van der Waals surface area contributed by atoms with Crippen molar-refractivity contribution in [1.29, 1.82) is 0 Å².